The normalized spacial score (nSPS) is 12.4. The summed E-state index contributed by atoms with van der Waals surface area (Å²) >= 11 is 6.39. The van der Waals surface area contributed by atoms with E-state index in [4.69, 9.17) is 0 Å². The van der Waals surface area contributed by atoms with Crippen molar-refractivity contribution >= 4 is 31.9 Å². The summed E-state index contributed by atoms with van der Waals surface area (Å²) in [6.07, 6.45) is 0.378. The average molecular weight is 405 g/mol. The second-order valence-electron chi connectivity index (χ2n) is 4.42. The van der Waals surface area contributed by atoms with Crippen molar-refractivity contribution in [2.45, 2.75) is 12.5 Å². The SMILES string of the molecule is CNC(Cc1ccc(Br)cc1F)c1cccc(Br)c1F. The molecule has 0 saturated heterocycles. The van der Waals surface area contributed by atoms with E-state index in [0.29, 0.717) is 26.5 Å². The van der Waals surface area contributed by atoms with Crippen LogP contribution in [0, 0.1) is 11.6 Å². The second-order valence-corrected chi connectivity index (χ2v) is 6.19. The van der Waals surface area contributed by atoms with Crippen molar-refractivity contribution in [1.29, 1.82) is 0 Å². The first-order chi connectivity index (χ1) is 9.52. The smallest absolute Gasteiger partial charge is 0.142 e. The average Bonchev–Trinajstić information content (AvgIpc) is 2.42. The highest BCUT2D eigenvalue weighted by molar-refractivity contribution is 9.10. The lowest BCUT2D eigenvalue weighted by Gasteiger charge is -2.18. The topological polar surface area (TPSA) is 12.0 Å². The minimum Gasteiger partial charge on any atom is -0.313 e. The minimum absolute atomic E-state index is 0.289. The molecule has 0 aromatic heterocycles. The van der Waals surface area contributed by atoms with E-state index in [1.54, 1.807) is 37.4 Å². The fourth-order valence-electron chi connectivity index (χ4n) is 2.06. The molecule has 2 aromatic carbocycles. The summed E-state index contributed by atoms with van der Waals surface area (Å²) in [6.45, 7) is 0. The molecule has 0 saturated carbocycles. The molecule has 5 heteroatoms. The number of hydrogen-bond acceptors (Lipinski definition) is 1. The Balaban J connectivity index is 2.31. The molecule has 2 aromatic rings. The Morgan fingerprint density at radius 1 is 1.15 bits per heavy atom. The number of likely N-dealkylation sites (N-methyl/N-ethyl adjacent to an activating group) is 1. The van der Waals surface area contributed by atoms with Crippen LogP contribution in [0.15, 0.2) is 45.3 Å². The van der Waals surface area contributed by atoms with E-state index in [-0.39, 0.29) is 17.7 Å². The van der Waals surface area contributed by atoms with Crippen molar-refractivity contribution in [1.82, 2.24) is 5.32 Å². The van der Waals surface area contributed by atoms with Crippen molar-refractivity contribution in [3.63, 3.8) is 0 Å². The minimum atomic E-state index is -0.315. The summed E-state index contributed by atoms with van der Waals surface area (Å²) < 4.78 is 29.1. The van der Waals surface area contributed by atoms with Gasteiger partial charge in [-0.25, -0.2) is 8.78 Å². The van der Waals surface area contributed by atoms with E-state index in [1.807, 2.05) is 0 Å². The van der Waals surface area contributed by atoms with Gasteiger partial charge in [0.25, 0.3) is 0 Å². The van der Waals surface area contributed by atoms with E-state index in [0.717, 1.165) is 0 Å². The van der Waals surface area contributed by atoms with Crippen molar-refractivity contribution in [2.75, 3.05) is 7.05 Å². The van der Waals surface area contributed by atoms with Crippen LogP contribution in [0.3, 0.4) is 0 Å². The fraction of sp³-hybridized carbons (Fsp3) is 0.200. The zero-order chi connectivity index (χ0) is 14.7. The molecule has 1 unspecified atom stereocenters. The van der Waals surface area contributed by atoms with Gasteiger partial charge in [0.15, 0.2) is 0 Å². The molecule has 0 heterocycles. The second kappa shape index (κ2) is 6.78. The molecule has 0 aliphatic heterocycles. The van der Waals surface area contributed by atoms with Gasteiger partial charge >= 0.3 is 0 Å². The van der Waals surface area contributed by atoms with Gasteiger partial charge in [-0.15, -0.1) is 0 Å². The highest BCUT2D eigenvalue weighted by Gasteiger charge is 2.17. The van der Waals surface area contributed by atoms with E-state index >= 15 is 0 Å². The summed E-state index contributed by atoms with van der Waals surface area (Å²) in [5, 5.41) is 3.04. The molecule has 0 fully saturated rings. The molecule has 1 atom stereocenters. The Kier molecular flexibility index (Phi) is 5.29. The lowest BCUT2D eigenvalue weighted by Crippen LogP contribution is -2.20. The summed E-state index contributed by atoms with van der Waals surface area (Å²) in [5.74, 6) is -0.612. The molecular formula is C15H13Br2F2N. The summed E-state index contributed by atoms with van der Waals surface area (Å²) in [5.41, 5.74) is 1.07. The zero-order valence-electron chi connectivity index (χ0n) is 10.8. The van der Waals surface area contributed by atoms with Gasteiger partial charge in [0.2, 0.25) is 0 Å². The largest absolute Gasteiger partial charge is 0.313 e. The van der Waals surface area contributed by atoms with Crippen LogP contribution in [0.4, 0.5) is 8.78 Å². The molecule has 0 spiro atoms. The third-order valence-corrected chi connectivity index (χ3v) is 4.25. The molecule has 0 amide bonds. The Morgan fingerprint density at radius 2 is 1.90 bits per heavy atom. The first-order valence-corrected chi connectivity index (χ1v) is 7.66. The van der Waals surface area contributed by atoms with Crippen LogP contribution in [0.5, 0.6) is 0 Å². The number of rotatable bonds is 4. The van der Waals surface area contributed by atoms with Gasteiger partial charge in [0.1, 0.15) is 11.6 Å². The van der Waals surface area contributed by atoms with Crippen LogP contribution in [-0.4, -0.2) is 7.05 Å². The summed E-state index contributed by atoms with van der Waals surface area (Å²) in [4.78, 5) is 0. The molecule has 106 valence electrons. The van der Waals surface area contributed by atoms with Gasteiger partial charge in [-0.2, -0.15) is 0 Å². The van der Waals surface area contributed by atoms with Crippen LogP contribution in [0.2, 0.25) is 0 Å². The number of benzene rings is 2. The van der Waals surface area contributed by atoms with Crippen LogP contribution in [-0.2, 0) is 6.42 Å². The van der Waals surface area contributed by atoms with Gasteiger partial charge in [-0.3, -0.25) is 0 Å². The Hall–Kier alpha value is -0.780. The first-order valence-electron chi connectivity index (χ1n) is 6.08. The molecule has 0 radical (unpaired) electrons. The number of hydrogen-bond donors (Lipinski definition) is 1. The molecule has 2 rings (SSSR count). The highest BCUT2D eigenvalue weighted by atomic mass is 79.9. The van der Waals surface area contributed by atoms with Gasteiger partial charge in [-0.05, 0) is 53.2 Å². The molecule has 1 nitrogen and oxygen atoms in total. The monoisotopic (exact) mass is 403 g/mol. The first kappa shape index (κ1) is 15.6. The Labute approximate surface area is 133 Å². The van der Waals surface area contributed by atoms with Crippen molar-refractivity contribution < 1.29 is 8.78 Å². The lowest BCUT2D eigenvalue weighted by molar-refractivity contribution is 0.517. The van der Waals surface area contributed by atoms with Crippen LogP contribution in [0.25, 0.3) is 0 Å². The third kappa shape index (κ3) is 3.45. The standard InChI is InChI=1S/C15H13Br2F2N/c1-20-14(11-3-2-4-12(17)15(11)19)7-9-5-6-10(16)8-13(9)18/h2-6,8,14,20H,7H2,1H3. The molecular weight excluding hydrogens is 392 g/mol. The predicted molar refractivity (Wildman–Crippen MR) is 83.7 cm³/mol. The van der Waals surface area contributed by atoms with Gasteiger partial charge in [0, 0.05) is 16.1 Å². The van der Waals surface area contributed by atoms with Crippen molar-refractivity contribution in [2.24, 2.45) is 0 Å². The van der Waals surface area contributed by atoms with E-state index in [2.05, 4.69) is 37.2 Å². The van der Waals surface area contributed by atoms with E-state index < -0.39 is 0 Å². The van der Waals surface area contributed by atoms with E-state index in [1.165, 1.54) is 6.07 Å². The third-order valence-electron chi connectivity index (χ3n) is 3.14. The number of nitrogens with one attached hydrogen (secondary N) is 1. The van der Waals surface area contributed by atoms with Crippen LogP contribution >= 0.6 is 31.9 Å². The van der Waals surface area contributed by atoms with Crippen LogP contribution < -0.4 is 5.32 Å². The van der Waals surface area contributed by atoms with Crippen molar-refractivity contribution in [3.8, 4) is 0 Å². The summed E-state index contributed by atoms with van der Waals surface area (Å²) in [7, 11) is 1.74. The maximum absolute atomic E-state index is 14.1. The number of halogens is 4. The zero-order valence-corrected chi connectivity index (χ0v) is 13.9. The lowest BCUT2D eigenvalue weighted by atomic mass is 9.98. The Bertz CT molecular complexity index is 617. The Morgan fingerprint density at radius 3 is 2.55 bits per heavy atom. The summed E-state index contributed by atoms with van der Waals surface area (Å²) in [6, 6.07) is 9.74. The fourth-order valence-corrected chi connectivity index (χ4v) is 2.78. The maximum Gasteiger partial charge on any atom is 0.142 e. The molecule has 0 aliphatic rings. The van der Waals surface area contributed by atoms with Crippen molar-refractivity contribution in [3.05, 3.63) is 68.1 Å². The molecule has 0 aliphatic carbocycles. The molecule has 0 bridgehead atoms. The van der Waals surface area contributed by atoms with E-state index in [9.17, 15) is 8.78 Å². The maximum atomic E-state index is 14.1. The highest BCUT2D eigenvalue weighted by Crippen LogP contribution is 2.27. The quantitative estimate of drug-likeness (QED) is 0.756. The predicted octanol–water partition coefficient (Wildman–Crippen LogP) is 4.99. The van der Waals surface area contributed by atoms with Gasteiger partial charge < -0.3 is 5.32 Å². The molecule has 20 heavy (non-hydrogen) atoms. The van der Waals surface area contributed by atoms with Crippen LogP contribution in [0.1, 0.15) is 17.2 Å². The van der Waals surface area contributed by atoms with Gasteiger partial charge in [-0.1, -0.05) is 34.1 Å². The molecule has 1 N–H and O–H groups in total. The van der Waals surface area contributed by atoms with Gasteiger partial charge in [0.05, 0.1) is 4.47 Å².